The van der Waals surface area contributed by atoms with Crippen LogP contribution >= 0.6 is 0 Å². The molecular formula is C21H21N5. The van der Waals surface area contributed by atoms with E-state index >= 15 is 0 Å². The molecule has 0 aliphatic rings. The minimum atomic E-state index is 0.507. The molecule has 130 valence electrons. The Morgan fingerprint density at radius 2 is 1.62 bits per heavy atom. The first-order valence-electron chi connectivity index (χ1n) is 8.67. The normalized spacial score (nSPS) is 11.2. The fraction of sp³-hybridized carbons (Fsp3) is 0.190. The van der Waals surface area contributed by atoms with Crippen molar-refractivity contribution in [2.45, 2.75) is 26.9 Å². The molecule has 5 heteroatoms. The first kappa shape index (κ1) is 16.3. The molecule has 1 N–H and O–H groups in total. The predicted molar refractivity (Wildman–Crippen MR) is 102 cm³/mol. The summed E-state index contributed by atoms with van der Waals surface area (Å²) in [6, 6.07) is 14.2. The van der Waals surface area contributed by atoms with Crippen molar-refractivity contribution in [3.05, 3.63) is 89.1 Å². The summed E-state index contributed by atoms with van der Waals surface area (Å²) in [5.74, 6) is 0. The Balaban J connectivity index is 1.81. The van der Waals surface area contributed by atoms with Crippen LogP contribution < -0.4 is 5.49 Å². The minimum absolute atomic E-state index is 0.507. The molecule has 26 heavy (non-hydrogen) atoms. The molecule has 0 saturated heterocycles. The number of pyridine rings is 1. The van der Waals surface area contributed by atoms with Crippen molar-refractivity contribution in [3.63, 3.8) is 0 Å². The molecule has 0 atom stereocenters. The minimum Gasteiger partial charge on any atom is -0.325 e. The summed E-state index contributed by atoms with van der Waals surface area (Å²) in [6.45, 7) is 5.55. The van der Waals surface area contributed by atoms with E-state index in [4.69, 9.17) is 10.4 Å². The molecule has 0 radical (unpaired) electrons. The number of aryl methyl sites for hydroxylation is 1. The van der Waals surface area contributed by atoms with Crippen LogP contribution in [0.1, 0.15) is 22.4 Å². The highest BCUT2D eigenvalue weighted by atomic mass is 15.1. The second-order valence-electron chi connectivity index (χ2n) is 6.56. The maximum atomic E-state index is 8.72. The van der Waals surface area contributed by atoms with Crippen LogP contribution in [0.4, 0.5) is 0 Å². The average molecular weight is 343 g/mol. The zero-order valence-corrected chi connectivity index (χ0v) is 15.0. The lowest BCUT2D eigenvalue weighted by molar-refractivity contribution is 0.715. The van der Waals surface area contributed by atoms with E-state index in [0.717, 1.165) is 34.4 Å². The lowest BCUT2D eigenvalue weighted by Gasteiger charge is -2.10. The van der Waals surface area contributed by atoms with Crippen molar-refractivity contribution in [1.29, 1.82) is 5.41 Å². The van der Waals surface area contributed by atoms with Crippen molar-refractivity contribution in [1.82, 2.24) is 19.1 Å². The van der Waals surface area contributed by atoms with E-state index in [1.807, 2.05) is 34.9 Å². The van der Waals surface area contributed by atoms with E-state index in [9.17, 15) is 0 Å². The summed E-state index contributed by atoms with van der Waals surface area (Å²) in [7, 11) is 0. The van der Waals surface area contributed by atoms with E-state index in [0.29, 0.717) is 12.0 Å². The van der Waals surface area contributed by atoms with E-state index < -0.39 is 0 Å². The summed E-state index contributed by atoms with van der Waals surface area (Å²) in [4.78, 5) is 8.79. The Labute approximate surface area is 152 Å². The topological polar surface area (TPSA) is 59.5 Å². The molecule has 0 amide bonds. The number of nitrogens with one attached hydrogen (secondary N) is 1. The predicted octanol–water partition coefficient (Wildman–Crippen LogP) is 3.43. The molecule has 5 nitrogen and oxygen atoms in total. The third-order valence-corrected chi connectivity index (χ3v) is 4.93. The van der Waals surface area contributed by atoms with E-state index in [-0.39, 0.29) is 0 Å². The number of hydrogen-bond donors (Lipinski definition) is 1. The number of hydrogen-bond acceptors (Lipinski definition) is 3. The Bertz CT molecular complexity index is 1110. The molecule has 1 aromatic carbocycles. The highest BCUT2D eigenvalue weighted by Crippen LogP contribution is 2.22. The van der Waals surface area contributed by atoms with Gasteiger partial charge in [0.05, 0.1) is 18.3 Å². The zero-order valence-electron chi connectivity index (χ0n) is 15.0. The van der Waals surface area contributed by atoms with Gasteiger partial charge in [-0.2, -0.15) is 0 Å². The molecule has 0 saturated carbocycles. The molecule has 0 spiro atoms. The first-order valence-corrected chi connectivity index (χ1v) is 8.67. The lowest BCUT2D eigenvalue weighted by atomic mass is 10.2. The number of aromatic nitrogens is 4. The van der Waals surface area contributed by atoms with Crippen LogP contribution in [0.2, 0.25) is 0 Å². The quantitative estimate of drug-likeness (QED) is 0.617. The second kappa shape index (κ2) is 6.59. The molecule has 0 aliphatic carbocycles. The molecule has 0 fully saturated rings. The van der Waals surface area contributed by atoms with Gasteiger partial charge in [-0.3, -0.25) is 10.4 Å². The fourth-order valence-corrected chi connectivity index (χ4v) is 3.35. The van der Waals surface area contributed by atoms with Crippen LogP contribution in [0.3, 0.4) is 0 Å². The number of fused-ring (bicyclic) bond motifs is 1. The average Bonchev–Trinajstić information content (AvgIpc) is 2.91. The summed E-state index contributed by atoms with van der Waals surface area (Å²) < 4.78 is 4.09. The van der Waals surface area contributed by atoms with Gasteiger partial charge in [0.25, 0.3) is 0 Å². The largest absolute Gasteiger partial charge is 0.325 e. The number of nitrogens with zero attached hydrogens (tertiary/aromatic N) is 4. The van der Waals surface area contributed by atoms with Gasteiger partial charge in [-0.1, -0.05) is 30.3 Å². The van der Waals surface area contributed by atoms with E-state index in [1.165, 1.54) is 5.56 Å². The molecule has 3 aromatic heterocycles. The molecule has 0 aliphatic heterocycles. The molecular weight excluding hydrogens is 322 g/mol. The third-order valence-electron chi connectivity index (χ3n) is 4.93. The maximum absolute atomic E-state index is 8.72. The maximum Gasteiger partial charge on any atom is 0.146 e. The van der Waals surface area contributed by atoms with Crippen molar-refractivity contribution >= 4 is 11.0 Å². The van der Waals surface area contributed by atoms with Gasteiger partial charge in [0, 0.05) is 24.6 Å². The van der Waals surface area contributed by atoms with Gasteiger partial charge in [0.15, 0.2) is 0 Å². The van der Waals surface area contributed by atoms with Crippen LogP contribution in [-0.2, 0) is 13.1 Å². The SMILES string of the molecule is Cc1c(C)n(Cc2ccncc2)c2ncn(Cc3ccccc3)c(=N)c12. The highest BCUT2D eigenvalue weighted by Gasteiger charge is 2.15. The Hall–Kier alpha value is -3.21. The van der Waals surface area contributed by atoms with Gasteiger partial charge in [-0.05, 0) is 42.7 Å². The molecule has 0 bridgehead atoms. The third kappa shape index (κ3) is 2.81. The summed E-state index contributed by atoms with van der Waals surface area (Å²) >= 11 is 0. The number of rotatable bonds is 4. The van der Waals surface area contributed by atoms with Crippen LogP contribution in [0.25, 0.3) is 11.0 Å². The molecule has 3 heterocycles. The van der Waals surface area contributed by atoms with Crippen LogP contribution in [0.5, 0.6) is 0 Å². The van der Waals surface area contributed by atoms with Crippen molar-refractivity contribution < 1.29 is 0 Å². The van der Waals surface area contributed by atoms with Gasteiger partial charge in [0.1, 0.15) is 11.1 Å². The summed E-state index contributed by atoms with van der Waals surface area (Å²) in [5, 5.41) is 9.64. The first-order chi connectivity index (χ1) is 12.6. The van der Waals surface area contributed by atoms with E-state index in [1.54, 1.807) is 18.7 Å². The summed E-state index contributed by atoms with van der Waals surface area (Å²) in [5.41, 5.74) is 5.98. The smallest absolute Gasteiger partial charge is 0.146 e. The van der Waals surface area contributed by atoms with Crippen LogP contribution in [-0.4, -0.2) is 19.1 Å². The van der Waals surface area contributed by atoms with Crippen molar-refractivity contribution in [2.24, 2.45) is 0 Å². The molecule has 4 aromatic rings. The Morgan fingerprint density at radius 3 is 2.35 bits per heavy atom. The van der Waals surface area contributed by atoms with Crippen LogP contribution in [0, 0.1) is 19.3 Å². The fourth-order valence-electron chi connectivity index (χ4n) is 3.35. The Morgan fingerprint density at radius 1 is 0.923 bits per heavy atom. The van der Waals surface area contributed by atoms with Crippen LogP contribution in [0.15, 0.2) is 61.2 Å². The van der Waals surface area contributed by atoms with E-state index in [2.05, 4.69) is 35.5 Å². The standard InChI is InChI=1S/C21H21N5/c1-15-16(2)26(13-18-8-10-23-11-9-18)21-19(15)20(22)25(14-24-21)12-17-6-4-3-5-7-17/h3-11,14,22H,12-13H2,1-2H3. The van der Waals surface area contributed by atoms with Gasteiger partial charge in [0.2, 0.25) is 0 Å². The van der Waals surface area contributed by atoms with Crippen molar-refractivity contribution in [2.75, 3.05) is 0 Å². The van der Waals surface area contributed by atoms with Gasteiger partial charge < -0.3 is 9.13 Å². The van der Waals surface area contributed by atoms with Gasteiger partial charge in [-0.15, -0.1) is 0 Å². The number of benzene rings is 1. The monoisotopic (exact) mass is 343 g/mol. The lowest BCUT2D eigenvalue weighted by Crippen LogP contribution is -2.21. The zero-order chi connectivity index (χ0) is 18.1. The Kier molecular flexibility index (Phi) is 4.13. The van der Waals surface area contributed by atoms with Crippen molar-refractivity contribution in [3.8, 4) is 0 Å². The molecule has 0 unspecified atom stereocenters. The van der Waals surface area contributed by atoms with Gasteiger partial charge in [-0.25, -0.2) is 4.98 Å². The molecule has 4 rings (SSSR count). The second-order valence-corrected chi connectivity index (χ2v) is 6.56. The van der Waals surface area contributed by atoms with Gasteiger partial charge >= 0.3 is 0 Å². The highest BCUT2D eigenvalue weighted by molar-refractivity contribution is 5.80. The summed E-state index contributed by atoms with van der Waals surface area (Å²) in [6.07, 6.45) is 5.39.